The van der Waals surface area contributed by atoms with Crippen molar-refractivity contribution in [1.29, 1.82) is 0 Å². The summed E-state index contributed by atoms with van der Waals surface area (Å²) in [5.41, 5.74) is 0. The van der Waals surface area contributed by atoms with Gasteiger partial charge in [-0.2, -0.15) is 0 Å². The van der Waals surface area contributed by atoms with Crippen molar-refractivity contribution >= 4 is 0 Å². The van der Waals surface area contributed by atoms with Gasteiger partial charge in [0.05, 0.1) is 12.2 Å². The topological polar surface area (TPSA) is 21.3 Å². The molecule has 1 saturated carbocycles. The second-order valence-electron chi connectivity index (χ2n) is 3.28. The van der Waals surface area contributed by atoms with E-state index in [0.29, 0.717) is 12.2 Å². The van der Waals surface area contributed by atoms with Crippen LogP contribution in [0, 0.1) is 0 Å². The van der Waals surface area contributed by atoms with E-state index < -0.39 is 0 Å². The molecule has 2 nitrogen and oxygen atoms in total. The predicted octanol–water partition coefficient (Wildman–Crippen LogP) is 1.55. The number of rotatable bonds is 5. The highest BCUT2D eigenvalue weighted by Crippen LogP contribution is 2.23. The van der Waals surface area contributed by atoms with Crippen LogP contribution in [0.3, 0.4) is 0 Å². The van der Waals surface area contributed by atoms with E-state index in [2.05, 4.69) is 12.2 Å². The maximum atomic E-state index is 5.81. The summed E-state index contributed by atoms with van der Waals surface area (Å²) in [6, 6.07) is 0. The van der Waals surface area contributed by atoms with Crippen LogP contribution in [0.25, 0.3) is 0 Å². The lowest BCUT2D eigenvalue weighted by atomic mass is 9.96. The van der Waals surface area contributed by atoms with Gasteiger partial charge in [0.1, 0.15) is 0 Å². The molecule has 0 aromatic carbocycles. The van der Waals surface area contributed by atoms with Crippen LogP contribution in [0.15, 0.2) is 0 Å². The first-order valence-corrected chi connectivity index (χ1v) is 4.67. The van der Waals surface area contributed by atoms with Crippen molar-refractivity contribution in [2.24, 2.45) is 0 Å². The predicted molar refractivity (Wildman–Crippen MR) is 46.7 cm³/mol. The van der Waals surface area contributed by atoms with E-state index in [1.165, 1.54) is 19.3 Å². The molecule has 0 spiro atoms. The third kappa shape index (κ3) is 2.80. The molecule has 2 heteroatoms. The van der Waals surface area contributed by atoms with Gasteiger partial charge < -0.3 is 10.1 Å². The molecule has 11 heavy (non-hydrogen) atoms. The van der Waals surface area contributed by atoms with E-state index in [1.807, 2.05) is 7.05 Å². The Hall–Kier alpha value is -0.0800. The van der Waals surface area contributed by atoms with Crippen LogP contribution in [-0.2, 0) is 4.74 Å². The monoisotopic (exact) mass is 157 g/mol. The minimum absolute atomic E-state index is 0.435. The molecule has 1 N–H and O–H groups in total. The van der Waals surface area contributed by atoms with E-state index in [4.69, 9.17) is 4.74 Å². The lowest BCUT2D eigenvalue weighted by molar-refractivity contribution is -0.0505. The molecule has 1 unspecified atom stereocenters. The minimum Gasteiger partial charge on any atom is -0.374 e. The first-order valence-electron chi connectivity index (χ1n) is 4.67. The van der Waals surface area contributed by atoms with E-state index in [9.17, 15) is 0 Å². The molecule has 66 valence electrons. The van der Waals surface area contributed by atoms with Gasteiger partial charge in [-0.05, 0) is 32.7 Å². The van der Waals surface area contributed by atoms with E-state index in [0.717, 1.165) is 13.0 Å². The zero-order chi connectivity index (χ0) is 8.10. The van der Waals surface area contributed by atoms with Gasteiger partial charge in [0.25, 0.3) is 0 Å². The van der Waals surface area contributed by atoms with Gasteiger partial charge in [-0.25, -0.2) is 0 Å². The molecule has 0 aliphatic heterocycles. The van der Waals surface area contributed by atoms with Gasteiger partial charge in [0.2, 0.25) is 0 Å². The number of nitrogens with one attached hydrogen (secondary N) is 1. The van der Waals surface area contributed by atoms with Crippen LogP contribution < -0.4 is 5.32 Å². The standard InChI is InChI=1S/C9H19NO/c1-3-8(7-10-2)11-9-5-4-6-9/h8-10H,3-7H2,1-2H3. The zero-order valence-electron chi connectivity index (χ0n) is 7.60. The van der Waals surface area contributed by atoms with Gasteiger partial charge in [0, 0.05) is 6.54 Å². The fourth-order valence-corrected chi connectivity index (χ4v) is 1.30. The van der Waals surface area contributed by atoms with Gasteiger partial charge in [-0.3, -0.25) is 0 Å². The van der Waals surface area contributed by atoms with Crippen molar-refractivity contribution in [2.75, 3.05) is 13.6 Å². The fraction of sp³-hybridized carbons (Fsp3) is 1.00. The number of ether oxygens (including phenoxy) is 1. The van der Waals surface area contributed by atoms with Crippen molar-refractivity contribution in [3.05, 3.63) is 0 Å². The molecule has 0 amide bonds. The molecular formula is C9H19NO. The van der Waals surface area contributed by atoms with Gasteiger partial charge in [0.15, 0.2) is 0 Å². The normalized spacial score (nSPS) is 21.3. The average molecular weight is 157 g/mol. The number of hydrogen-bond acceptors (Lipinski definition) is 2. The third-order valence-electron chi connectivity index (χ3n) is 2.32. The Morgan fingerprint density at radius 2 is 2.27 bits per heavy atom. The molecule has 1 rings (SSSR count). The number of likely N-dealkylation sites (N-methyl/N-ethyl adjacent to an activating group) is 1. The highest BCUT2D eigenvalue weighted by atomic mass is 16.5. The lowest BCUT2D eigenvalue weighted by Gasteiger charge is -2.30. The van der Waals surface area contributed by atoms with E-state index >= 15 is 0 Å². The Kier molecular flexibility index (Phi) is 3.87. The van der Waals surface area contributed by atoms with E-state index in [1.54, 1.807) is 0 Å². The molecule has 1 aliphatic carbocycles. The largest absolute Gasteiger partial charge is 0.374 e. The quantitative estimate of drug-likeness (QED) is 0.654. The molecule has 1 atom stereocenters. The van der Waals surface area contributed by atoms with Crippen LogP contribution in [0.2, 0.25) is 0 Å². The molecule has 0 aromatic rings. The highest BCUT2D eigenvalue weighted by Gasteiger charge is 2.20. The molecule has 0 heterocycles. The van der Waals surface area contributed by atoms with E-state index in [-0.39, 0.29) is 0 Å². The smallest absolute Gasteiger partial charge is 0.0700 e. The van der Waals surface area contributed by atoms with Gasteiger partial charge in [-0.15, -0.1) is 0 Å². The Bertz CT molecular complexity index is 102. The average Bonchev–Trinajstić information content (AvgIpc) is 1.94. The SMILES string of the molecule is CCC(CNC)OC1CCC1. The first kappa shape index (κ1) is 9.01. The summed E-state index contributed by atoms with van der Waals surface area (Å²) in [4.78, 5) is 0. The van der Waals surface area contributed by atoms with Crippen LogP contribution in [0.4, 0.5) is 0 Å². The fourth-order valence-electron chi connectivity index (χ4n) is 1.30. The summed E-state index contributed by atoms with van der Waals surface area (Å²) in [7, 11) is 1.98. The summed E-state index contributed by atoms with van der Waals surface area (Å²) >= 11 is 0. The Labute approximate surface area is 69.3 Å². The first-order chi connectivity index (χ1) is 5.36. The van der Waals surface area contributed by atoms with Crippen LogP contribution in [0.5, 0.6) is 0 Å². The highest BCUT2D eigenvalue weighted by molar-refractivity contribution is 4.72. The minimum atomic E-state index is 0.435. The molecule has 0 saturated heterocycles. The Morgan fingerprint density at radius 1 is 1.55 bits per heavy atom. The maximum absolute atomic E-state index is 5.81. The van der Waals surface area contributed by atoms with Crippen molar-refractivity contribution in [3.8, 4) is 0 Å². The summed E-state index contributed by atoms with van der Waals surface area (Å²) in [5, 5.41) is 3.15. The summed E-state index contributed by atoms with van der Waals surface area (Å²) in [5.74, 6) is 0. The summed E-state index contributed by atoms with van der Waals surface area (Å²) in [6.45, 7) is 3.17. The van der Waals surface area contributed by atoms with Crippen molar-refractivity contribution < 1.29 is 4.74 Å². The van der Waals surface area contributed by atoms with Crippen LogP contribution in [0.1, 0.15) is 32.6 Å². The summed E-state index contributed by atoms with van der Waals surface area (Å²) in [6.07, 6.45) is 6.05. The van der Waals surface area contributed by atoms with Gasteiger partial charge >= 0.3 is 0 Å². The van der Waals surface area contributed by atoms with Crippen molar-refractivity contribution in [2.45, 2.75) is 44.8 Å². The molecule has 0 bridgehead atoms. The molecule has 1 aliphatic rings. The molecule has 0 radical (unpaired) electrons. The molecular weight excluding hydrogens is 138 g/mol. The summed E-state index contributed by atoms with van der Waals surface area (Å²) < 4.78 is 5.81. The van der Waals surface area contributed by atoms with Crippen molar-refractivity contribution in [3.63, 3.8) is 0 Å². The van der Waals surface area contributed by atoms with Crippen molar-refractivity contribution in [1.82, 2.24) is 5.32 Å². The number of hydrogen-bond donors (Lipinski definition) is 1. The Balaban J connectivity index is 2.08. The zero-order valence-corrected chi connectivity index (χ0v) is 7.60. The molecule has 0 aromatic heterocycles. The van der Waals surface area contributed by atoms with Gasteiger partial charge in [-0.1, -0.05) is 6.92 Å². The Morgan fingerprint density at radius 3 is 2.64 bits per heavy atom. The lowest BCUT2D eigenvalue weighted by Crippen LogP contribution is -2.33. The second-order valence-corrected chi connectivity index (χ2v) is 3.28. The van der Waals surface area contributed by atoms with Crippen LogP contribution >= 0.6 is 0 Å². The third-order valence-corrected chi connectivity index (χ3v) is 2.32. The maximum Gasteiger partial charge on any atom is 0.0700 e. The molecule has 1 fully saturated rings. The second kappa shape index (κ2) is 4.73. The van der Waals surface area contributed by atoms with Crippen LogP contribution in [-0.4, -0.2) is 25.8 Å².